The van der Waals surface area contributed by atoms with E-state index in [1.54, 1.807) is 11.3 Å². The van der Waals surface area contributed by atoms with E-state index in [0.717, 1.165) is 39.4 Å². The van der Waals surface area contributed by atoms with Crippen LogP contribution in [-0.2, 0) is 0 Å². The third-order valence-electron chi connectivity index (χ3n) is 6.96. The van der Waals surface area contributed by atoms with Crippen molar-refractivity contribution in [3.8, 4) is 11.3 Å². The lowest BCUT2D eigenvalue weighted by Gasteiger charge is -2.39. The van der Waals surface area contributed by atoms with Gasteiger partial charge in [0.2, 0.25) is 0 Å². The number of aromatic nitrogens is 2. The second-order valence-corrected chi connectivity index (χ2v) is 10.4. The summed E-state index contributed by atoms with van der Waals surface area (Å²) in [7, 11) is 0. The van der Waals surface area contributed by atoms with Gasteiger partial charge >= 0.3 is 0 Å². The molecule has 0 spiro atoms. The molecule has 1 aliphatic heterocycles. The monoisotopic (exact) mass is 460 g/mol. The lowest BCUT2D eigenvalue weighted by atomic mass is 9.97. The molecule has 172 valence electrons. The van der Waals surface area contributed by atoms with Crippen molar-refractivity contribution in [2.24, 2.45) is 0 Å². The molecular formula is C27H32N4OS. The fraction of sp³-hybridized carbons (Fsp3) is 0.407. The topological polar surface area (TPSA) is 49.6 Å². The van der Waals surface area contributed by atoms with Crippen molar-refractivity contribution in [2.75, 3.05) is 13.1 Å². The summed E-state index contributed by atoms with van der Waals surface area (Å²) in [6.07, 6.45) is 6.97. The van der Waals surface area contributed by atoms with E-state index in [1.165, 1.54) is 24.8 Å². The van der Waals surface area contributed by atoms with Crippen LogP contribution in [0.15, 0.2) is 48.7 Å². The van der Waals surface area contributed by atoms with E-state index in [1.807, 2.05) is 18.2 Å². The SMILES string of the molecule is Cc1ccc(-c2cn3c(n2)sc2cc(C(=O)NCCCN4[C@H](C)CCC[C@@H]4C)ccc23)cc1. The zero-order valence-electron chi connectivity index (χ0n) is 19.7. The molecule has 1 N–H and O–H groups in total. The van der Waals surface area contributed by atoms with E-state index >= 15 is 0 Å². The highest BCUT2D eigenvalue weighted by Gasteiger charge is 2.23. The van der Waals surface area contributed by atoms with Crippen LogP contribution in [0, 0.1) is 6.92 Å². The molecule has 0 aliphatic carbocycles. The molecule has 2 aromatic carbocycles. The molecule has 0 bridgehead atoms. The molecule has 1 saturated heterocycles. The van der Waals surface area contributed by atoms with Crippen molar-refractivity contribution in [1.29, 1.82) is 0 Å². The van der Waals surface area contributed by atoms with Gasteiger partial charge in [0.1, 0.15) is 0 Å². The van der Waals surface area contributed by atoms with E-state index in [2.05, 4.69) is 65.9 Å². The minimum atomic E-state index is 0.00280. The molecule has 5 rings (SSSR count). The number of fused-ring (bicyclic) bond motifs is 3. The number of hydrogen-bond acceptors (Lipinski definition) is 4. The molecule has 2 aromatic heterocycles. The largest absolute Gasteiger partial charge is 0.352 e. The van der Waals surface area contributed by atoms with Gasteiger partial charge in [0.25, 0.3) is 5.91 Å². The van der Waals surface area contributed by atoms with Crippen LogP contribution in [0.5, 0.6) is 0 Å². The first-order chi connectivity index (χ1) is 16.0. The van der Waals surface area contributed by atoms with Gasteiger partial charge in [-0.25, -0.2) is 4.98 Å². The van der Waals surface area contributed by atoms with Gasteiger partial charge in [-0.05, 0) is 58.2 Å². The third kappa shape index (κ3) is 4.55. The first-order valence-electron chi connectivity index (χ1n) is 12.0. The fourth-order valence-electron chi connectivity index (χ4n) is 4.99. The molecule has 1 amide bonds. The molecule has 1 fully saturated rings. The highest BCUT2D eigenvalue weighted by molar-refractivity contribution is 7.23. The number of nitrogens with one attached hydrogen (secondary N) is 1. The molecule has 2 atom stereocenters. The van der Waals surface area contributed by atoms with Crippen molar-refractivity contribution >= 4 is 32.4 Å². The number of hydrogen-bond donors (Lipinski definition) is 1. The molecule has 0 unspecified atom stereocenters. The van der Waals surface area contributed by atoms with Gasteiger partial charge in [-0.2, -0.15) is 0 Å². The van der Waals surface area contributed by atoms with Crippen LogP contribution < -0.4 is 5.32 Å². The smallest absolute Gasteiger partial charge is 0.251 e. The minimum Gasteiger partial charge on any atom is -0.352 e. The van der Waals surface area contributed by atoms with Crippen molar-refractivity contribution < 1.29 is 4.79 Å². The van der Waals surface area contributed by atoms with Gasteiger partial charge in [-0.3, -0.25) is 14.1 Å². The van der Waals surface area contributed by atoms with E-state index in [0.29, 0.717) is 24.2 Å². The summed E-state index contributed by atoms with van der Waals surface area (Å²) < 4.78 is 3.20. The molecular weight excluding hydrogens is 428 g/mol. The molecule has 33 heavy (non-hydrogen) atoms. The summed E-state index contributed by atoms with van der Waals surface area (Å²) in [6.45, 7) is 8.50. The summed E-state index contributed by atoms with van der Waals surface area (Å²) in [5.74, 6) is 0.00280. The maximum atomic E-state index is 12.7. The Hall–Kier alpha value is -2.70. The Kier molecular flexibility index (Phi) is 6.21. The number of likely N-dealkylation sites (tertiary alicyclic amines) is 1. The van der Waals surface area contributed by atoms with Crippen LogP contribution in [0.1, 0.15) is 55.5 Å². The second-order valence-electron chi connectivity index (χ2n) is 9.41. The third-order valence-corrected chi connectivity index (χ3v) is 7.98. The molecule has 3 heterocycles. The Morgan fingerprint density at radius 3 is 2.64 bits per heavy atom. The maximum absolute atomic E-state index is 12.7. The molecule has 6 heteroatoms. The Bertz CT molecular complexity index is 1260. The molecule has 0 radical (unpaired) electrons. The Morgan fingerprint density at radius 2 is 1.88 bits per heavy atom. The number of nitrogens with zero attached hydrogens (tertiary/aromatic N) is 3. The number of imidazole rings is 1. The van der Waals surface area contributed by atoms with Crippen molar-refractivity contribution in [2.45, 2.75) is 58.5 Å². The zero-order valence-corrected chi connectivity index (χ0v) is 20.5. The van der Waals surface area contributed by atoms with Gasteiger partial charge in [0.05, 0.1) is 15.9 Å². The number of benzene rings is 2. The average Bonchev–Trinajstić information content (AvgIpc) is 3.36. The van der Waals surface area contributed by atoms with Gasteiger partial charge < -0.3 is 5.32 Å². The van der Waals surface area contributed by atoms with Crippen LogP contribution in [0.2, 0.25) is 0 Å². The fourth-order valence-corrected chi connectivity index (χ4v) is 6.03. The van der Waals surface area contributed by atoms with Gasteiger partial charge in [0.15, 0.2) is 4.96 Å². The summed E-state index contributed by atoms with van der Waals surface area (Å²) >= 11 is 1.62. The lowest BCUT2D eigenvalue weighted by molar-refractivity contribution is 0.0925. The number of piperidine rings is 1. The van der Waals surface area contributed by atoms with E-state index in [-0.39, 0.29) is 5.91 Å². The van der Waals surface area contributed by atoms with Gasteiger partial charge in [-0.1, -0.05) is 47.6 Å². The number of carbonyl (C=O) groups is 1. The summed E-state index contributed by atoms with van der Waals surface area (Å²) in [6, 6.07) is 15.7. The summed E-state index contributed by atoms with van der Waals surface area (Å²) in [4.78, 5) is 21.1. The van der Waals surface area contributed by atoms with Gasteiger partial charge in [0, 0.05) is 42.5 Å². The first kappa shape index (κ1) is 22.1. The van der Waals surface area contributed by atoms with Crippen molar-refractivity contribution in [3.05, 3.63) is 59.8 Å². The Morgan fingerprint density at radius 1 is 1.12 bits per heavy atom. The summed E-state index contributed by atoms with van der Waals surface area (Å²) in [5.41, 5.74) is 5.14. The van der Waals surface area contributed by atoms with Crippen LogP contribution in [0.4, 0.5) is 0 Å². The molecule has 4 aromatic rings. The average molecular weight is 461 g/mol. The number of aryl methyl sites for hydroxylation is 1. The van der Waals surface area contributed by atoms with E-state index in [9.17, 15) is 4.79 Å². The van der Waals surface area contributed by atoms with Gasteiger partial charge in [-0.15, -0.1) is 0 Å². The molecule has 1 aliphatic rings. The van der Waals surface area contributed by atoms with Crippen LogP contribution in [-0.4, -0.2) is 45.4 Å². The predicted octanol–water partition coefficient (Wildman–Crippen LogP) is 5.91. The zero-order chi connectivity index (χ0) is 22.9. The highest BCUT2D eigenvalue weighted by Crippen LogP contribution is 2.30. The Balaban J connectivity index is 1.24. The number of amides is 1. The van der Waals surface area contributed by atoms with Crippen molar-refractivity contribution in [1.82, 2.24) is 19.6 Å². The van der Waals surface area contributed by atoms with E-state index in [4.69, 9.17) is 4.98 Å². The van der Waals surface area contributed by atoms with Crippen LogP contribution >= 0.6 is 11.3 Å². The van der Waals surface area contributed by atoms with E-state index < -0.39 is 0 Å². The highest BCUT2D eigenvalue weighted by atomic mass is 32.1. The predicted molar refractivity (Wildman–Crippen MR) is 137 cm³/mol. The molecule has 5 nitrogen and oxygen atoms in total. The quantitative estimate of drug-likeness (QED) is 0.364. The number of thiazole rings is 1. The van der Waals surface area contributed by atoms with Crippen LogP contribution in [0.3, 0.4) is 0 Å². The minimum absolute atomic E-state index is 0.00280. The standard InChI is InChI=1S/C27H32N4OS/c1-18-8-10-21(11-9-18)23-17-31-24-13-12-22(16-25(24)33-27(31)29-23)26(32)28-14-5-15-30-19(2)6-4-7-20(30)3/h8-13,16-17,19-20H,4-7,14-15H2,1-3H3,(H,28,32)/t19-,20+. The first-order valence-corrected chi connectivity index (χ1v) is 12.8. The number of carbonyl (C=O) groups excluding carboxylic acids is 1. The second kappa shape index (κ2) is 9.27. The maximum Gasteiger partial charge on any atom is 0.251 e. The van der Waals surface area contributed by atoms with Crippen LogP contribution in [0.25, 0.3) is 26.4 Å². The normalized spacial score (nSPS) is 19.4. The summed E-state index contributed by atoms with van der Waals surface area (Å²) in [5, 5.41) is 3.11. The lowest BCUT2D eigenvalue weighted by Crippen LogP contribution is -2.44. The Labute approximate surface area is 199 Å². The van der Waals surface area contributed by atoms with Crippen molar-refractivity contribution in [3.63, 3.8) is 0 Å². The molecule has 0 saturated carbocycles. The number of rotatable bonds is 6.